The van der Waals surface area contributed by atoms with Gasteiger partial charge in [-0.1, -0.05) is 158 Å². The first-order chi connectivity index (χ1) is 35.8. The molecule has 4 heterocycles. The molecule has 2 aliphatic rings. The fourth-order valence-electron chi connectivity index (χ4n) is 12.2. The van der Waals surface area contributed by atoms with Gasteiger partial charge in [-0.05, 0) is 126 Å². The van der Waals surface area contributed by atoms with E-state index in [1.807, 2.05) is 0 Å². The van der Waals surface area contributed by atoms with Crippen LogP contribution in [0, 0.1) is 0 Å². The van der Waals surface area contributed by atoms with Crippen LogP contribution in [0.4, 0.5) is 68.2 Å². The molecule has 13 aromatic rings. The lowest BCUT2D eigenvalue weighted by atomic mass is 9.33. The number of aromatic nitrogens is 1. The van der Waals surface area contributed by atoms with Crippen LogP contribution in [0.2, 0.25) is 0 Å². The zero-order valence-corrected chi connectivity index (χ0v) is 39.2. The fraction of sp³-hybridized carbons (Fsp3) is 0. The van der Waals surface area contributed by atoms with E-state index < -0.39 is 0 Å². The topological polar surface area (TPSA) is 17.4 Å². The normalized spacial score (nSPS) is 12.6. The van der Waals surface area contributed by atoms with E-state index >= 15 is 0 Å². The van der Waals surface area contributed by atoms with Crippen molar-refractivity contribution in [1.82, 2.24) is 4.40 Å². The molecule has 2 aromatic heterocycles. The first-order valence-corrected chi connectivity index (χ1v) is 24.8. The zero-order chi connectivity index (χ0) is 47.3. The summed E-state index contributed by atoms with van der Waals surface area (Å²) in [6.45, 7) is -0.0476. The summed E-state index contributed by atoms with van der Waals surface area (Å²) in [7, 11) is 0. The van der Waals surface area contributed by atoms with E-state index in [9.17, 15) is 0 Å². The van der Waals surface area contributed by atoms with E-state index in [4.69, 9.17) is 0 Å². The summed E-state index contributed by atoms with van der Waals surface area (Å²) < 4.78 is 2.58. The van der Waals surface area contributed by atoms with E-state index in [1.165, 1.54) is 71.7 Å². The lowest BCUT2D eigenvalue weighted by Gasteiger charge is -2.44. The molecule has 0 aliphatic carbocycles. The van der Waals surface area contributed by atoms with Crippen LogP contribution < -0.4 is 36.0 Å². The van der Waals surface area contributed by atoms with E-state index in [0.29, 0.717) is 0 Å². The van der Waals surface area contributed by atoms with Gasteiger partial charge in [0.25, 0.3) is 6.71 Å². The standard InChI is InChI=1S/C66H44BN5/c1-7-24-45(25-8-1)68(46-26-9-2-10-27-46)61-44-62(69(47-28-11-3-12-29-47)48-30-13-4-14-31-48)64-52-42-54-60(43-59(52)72-55-38-21-19-36-51(55)63(61)66(64)72)71(50-34-17-6-18-35-50)58-41-23-40-57-65(58)67(54)53-37-20-22-39-56(53)70(57)49-32-15-5-16-33-49/h1-44H. The number of anilines is 12. The van der Waals surface area contributed by atoms with Gasteiger partial charge in [0.2, 0.25) is 0 Å². The number of hydrogen-bond donors (Lipinski definition) is 0. The van der Waals surface area contributed by atoms with Gasteiger partial charge in [0, 0.05) is 78.4 Å². The van der Waals surface area contributed by atoms with Crippen LogP contribution in [0.25, 0.3) is 38.1 Å². The van der Waals surface area contributed by atoms with Crippen molar-refractivity contribution in [3.63, 3.8) is 0 Å². The average molecular weight is 918 g/mol. The van der Waals surface area contributed by atoms with Gasteiger partial charge in [-0.15, -0.1) is 0 Å². The number of hydrogen-bond acceptors (Lipinski definition) is 4. The first-order valence-electron chi connectivity index (χ1n) is 24.8. The minimum Gasteiger partial charge on any atom is -0.311 e. The molecule has 0 unspecified atom stereocenters. The molecule has 0 fully saturated rings. The Morgan fingerprint density at radius 2 is 0.736 bits per heavy atom. The molecule has 0 N–H and O–H groups in total. The molecule has 15 rings (SSSR count). The molecule has 0 saturated carbocycles. The Morgan fingerprint density at radius 3 is 1.28 bits per heavy atom. The second-order valence-corrected chi connectivity index (χ2v) is 18.9. The highest BCUT2D eigenvalue weighted by atomic mass is 15.2. The Morgan fingerprint density at radius 1 is 0.306 bits per heavy atom. The van der Waals surface area contributed by atoms with Crippen LogP contribution >= 0.6 is 0 Å². The fourth-order valence-corrected chi connectivity index (χ4v) is 12.2. The lowest BCUT2D eigenvalue weighted by molar-refractivity contribution is 1.25. The quantitative estimate of drug-likeness (QED) is 0.141. The molecule has 0 saturated heterocycles. The van der Waals surface area contributed by atoms with Crippen molar-refractivity contribution in [2.45, 2.75) is 0 Å². The third-order valence-corrected chi connectivity index (χ3v) is 15.0. The summed E-state index contributed by atoms with van der Waals surface area (Å²) in [5.74, 6) is 0. The lowest BCUT2D eigenvalue weighted by Crippen LogP contribution is -2.61. The van der Waals surface area contributed by atoms with Crippen LogP contribution in [-0.4, -0.2) is 11.1 Å². The highest BCUT2D eigenvalue weighted by Gasteiger charge is 2.44. The average Bonchev–Trinajstić information content (AvgIpc) is 3.97. The van der Waals surface area contributed by atoms with Crippen molar-refractivity contribution in [2.24, 2.45) is 0 Å². The molecule has 0 radical (unpaired) electrons. The van der Waals surface area contributed by atoms with Crippen LogP contribution in [0.1, 0.15) is 0 Å². The summed E-state index contributed by atoms with van der Waals surface area (Å²) in [6.07, 6.45) is 0. The van der Waals surface area contributed by atoms with Crippen LogP contribution in [-0.2, 0) is 0 Å². The van der Waals surface area contributed by atoms with Gasteiger partial charge in [0.05, 0.1) is 27.9 Å². The molecule has 0 amide bonds. The zero-order valence-electron chi connectivity index (χ0n) is 39.2. The van der Waals surface area contributed by atoms with Crippen molar-refractivity contribution in [3.8, 4) is 0 Å². The Kier molecular flexibility index (Phi) is 8.99. The van der Waals surface area contributed by atoms with Crippen molar-refractivity contribution in [2.75, 3.05) is 19.6 Å². The summed E-state index contributed by atoms with van der Waals surface area (Å²) in [5, 5.41) is 4.83. The second-order valence-electron chi connectivity index (χ2n) is 18.9. The van der Waals surface area contributed by atoms with Crippen molar-refractivity contribution >= 4 is 129 Å². The Bertz CT molecular complexity index is 4090. The third kappa shape index (κ3) is 5.90. The smallest absolute Gasteiger partial charge is 0.252 e. The van der Waals surface area contributed by atoms with Gasteiger partial charge < -0.3 is 24.0 Å². The number of rotatable bonds is 8. The molecule has 0 bridgehead atoms. The Hall–Kier alpha value is -9.52. The maximum Gasteiger partial charge on any atom is 0.252 e. The van der Waals surface area contributed by atoms with Crippen LogP contribution in [0.5, 0.6) is 0 Å². The Balaban J connectivity index is 1.13. The second kappa shape index (κ2) is 16.0. The van der Waals surface area contributed by atoms with E-state index in [-0.39, 0.29) is 6.71 Å². The van der Waals surface area contributed by atoms with Crippen molar-refractivity contribution < 1.29 is 0 Å². The van der Waals surface area contributed by atoms with Gasteiger partial charge in [-0.25, -0.2) is 0 Å². The van der Waals surface area contributed by atoms with Gasteiger partial charge >= 0.3 is 0 Å². The van der Waals surface area contributed by atoms with Gasteiger partial charge in [0.1, 0.15) is 0 Å². The van der Waals surface area contributed by atoms with Crippen LogP contribution in [0.15, 0.2) is 267 Å². The number of fused-ring (bicyclic) bond motifs is 10. The predicted molar refractivity (Wildman–Crippen MR) is 304 cm³/mol. The molecule has 0 spiro atoms. The molecule has 2 aliphatic heterocycles. The molecule has 336 valence electrons. The molecule has 11 aromatic carbocycles. The summed E-state index contributed by atoms with van der Waals surface area (Å²) >= 11 is 0. The monoisotopic (exact) mass is 917 g/mol. The summed E-state index contributed by atoms with van der Waals surface area (Å²) in [5.41, 5.74) is 21.0. The van der Waals surface area contributed by atoms with E-state index in [0.717, 1.165) is 51.0 Å². The van der Waals surface area contributed by atoms with Gasteiger partial charge in [0.15, 0.2) is 0 Å². The molecule has 72 heavy (non-hydrogen) atoms. The predicted octanol–water partition coefficient (Wildman–Crippen LogP) is 15.9. The highest BCUT2D eigenvalue weighted by molar-refractivity contribution is 7.00. The van der Waals surface area contributed by atoms with Crippen molar-refractivity contribution in [1.29, 1.82) is 0 Å². The molecular weight excluding hydrogens is 874 g/mol. The highest BCUT2D eigenvalue weighted by Crippen LogP contribution is 2.54. The maximum absolute atomic E-state index is 2.58. The van der Waals surface area contributed by atoms with E-state index in [1.54, 1.807) is 0 Å². The van der Waals surface area contributed by atoms with Crippen molar-refractivity contribution in [3.05, 3.63) is 267 Å². The third-order valence-electron chi connectivity index (χ3n) is 15.0. The largest absolute Gasteiger partial charge is 0.311 e. The molecule has 6 heteroatoms. The minimum absolute atomic E-state index is 0.0476. The molecular formula is C66H44BN5. The van der Waals surface area contributed by atoms with Gasteiger partial charge in [-0.3, -0.25) is 0 Å². The van der Waals surface area contributed by atoms with E-state index in [2.05, 4.69) is 291 Å². The number of benzene rings is 11. The Labute approximate surface area is 418 Å². The summed E-state index contributed by atoms with van der Waals surface area (Å²) in [4.78, 5) is 9.91. The minimum atomic E-state index is -0.0476. The summed E-state index contributed by atoms with van der Waals surface area (Å²) in [6, 6.07) is 97.8. The SMILES string of the molecule is c1ccc(N2c3ccccc3B3c4cc5c6c(N(c7ccccc7)c7ccccc7)cc(N(c7ccccc7)c7ccccc7)c7c8ccccc8n(c5cc4N(c4ccccc4)c4cccc2c43)c76)cc1. The van der Waals surface area contributed by atoms with Gasteiger partial charge in [-0.2, -0.15) is 0 Å². The molecule has 5 nitrogen and oxygen atoms in total. The maximum atomic E-state index is 2.58. The number of nitrogens with zero attached hydrogens (tertiary/aromatic N) is 5. The van der Waals surface area contributed by atoms with Crippen LogP contribution in [0.3, 0.4) is 0 Å². The number of para-hydroxylation sites is 8. The first kappa shape index (κ1) is 40.4. The molecule has 0 atom stereocenters.